The first-order chi connectivity index (χ1) is 15.2. The number of benzene rings is 2. The third kappa shape index (κ3) is 3.31. The number of aryl methyl sites for hydroxylation is 1. The van der Waals surface area contributed by atoms with Gasteiger partial charge in [-0.3, -0.25) is 14.9 Å². The Morgan fingerprint density at radius 3 is 2.47 bits per heavy atom. The smallest absolute Gasteiger partial charge is 0.387 e. The molecule has 1 N–H and O–H groups in total. The minimum absolute atomic E-state index is 0.0272. The maximum absolute atomic E-state index is 12.9. The third-order valence-corrected chi connectivity index (χ3v) is 4.79. The number of halogens is 2. The monoisotopic (exact) mass is 445 g/mol. The summed E-state index contributed by atoms with van der Waals surface area (Å²) in [5.41, 5.74) is -1.46. The molecule has 2 aromatic heterocycles. The summed E-state index contributed by atoms with van der Waals surface area (Å²) in [6.45, 7) is -1.46. The number of rotatable bonds is 6. The number of non-ortho nitro benzene ring substituents is 1. The number of carboxylic acids is 1. The van der Waals surface area contributed by atoms with E-state index in [9.17, 15) is 33.6 Å². The summed E-state index contributed by atoms with van der Waals surface area (Å²) in [5, 5.41) is 24.7. The Kier molecular flexibility index (Phi) is 5.04. The molecule has 2 aromatic carbocycles. The van der Waals surface area contributed by atoms with E-state index in [-0.39, 0.29) is 45.4 Å². The van der Waals surface area contributed by atoms with Gasteiger partial charge in [0.15, 0.2) is 11.3 Å². The van der Waals surface area contributed by atoms with Crippen molar-refractivity contribution in [3.8, 4) is 17.0 Å². The zero-order chi connectivity index (χ0) is 23.2. The van der Waals surface area contributed by atoms with Crippen LogP contribution in [0, 0.1) is 10.1 Å². The first kappa shape index (κ1) is 20.9. The molecule has 0 amide bonds. The summed E-state index contributed by atoms with van der Waals surface area (Å²) >= 11 is 0. The molecule has 12 heteroatoms. The number of carboxylic acid groups (broad SMARTS) is 1. The Bertz CT molecular complexity index is 1440. The van der Waals surface area contributed by atoms with Crippen molar-refractivity contribution in [1.29, 1.82) is 0 Å². The van der Waals surface area contributed by atoms with E-state index in [2.05, 4.69) is 9.84 Å². The molecule has 4 aromatic rings. The van der Waals surface area contributed by atoms with Gasteiger partial charge in [0.2, 0.25) is 5.58 Å². The van der Waals surface area contributed by atoms with Gasteiger partial charge in [-0.05, 0) is 31.2 Å². The second-order valence-electron chi connectivity index (χ2n) is 6.58. The fourth-order valence-electron chi connectivity index (χ4n) is 3.41. The molecule has 2 heterocycles. The van der Waals surface area contributed by atoms with Crippen molar-refractivity contribution < 1.29 is 32.8 Å². The van der Waals surface area contributed by atoms with Gasteiger partial charge >= 0.3 is 18.1 Å². The van der Waals surface area contributed by atoms with E-state index < -0.39 is 28.8 Å². The molecule has 10 nitrogen and oxygen atoms in total. The highest BCUT2D eigenvalue weighted by Gasteiger charge is 2.26. The molecule has 0 unspecified atom stereocenters. The van der Waals surface area contributed by atoms with Crippen molar-refractivity contribution in [3.63, 3.8) is 0 Å². The number of furan rings is 1. The SMILES string of the molecule is CCn1nc(-c2ccc([N+](=O)[O-])cc2)c2c(oc3c(OC(F)F)ccc(C(=O)O)c32)c1=O. The summed E-state index contributed by atoms with van der Waals surface area (Å²) in [6.07, 6.45) is 0. The van der Waals surface area contributed by atoms with E-state index in [0.29, 0.717) is 5.56 Å². The quantitative estimate of drug-likeness (QED) is 0.347. The van der Waals surface area contributed by atoms with E-state index in [0.717, 1.165) is 16.8 Å². The number of aromatic nitrogens is 2. The van der Waals surface area contributed by atoms with Crippen molar-refractivity contribution in [2.24, 2.45) is 0 Å². The topological polar surface area (TPSA) is 138 Å². The van der Waals surface area contributed by atoms with Crippen LogP contribution in [0.15, 0.2) is 45.6 Å². The normalized spacial score (nSPS) is 11.4. The number of hydrogen-bond donors (Lipinski definition) is 1. The van der Waals surface area contributed by atoms with Crippen LogP contribution in [0.2, 0.25) is 0 Å². The molecule has 32 heavy (non-hydrogen) atoms. The average Bonchev–Trinajstić information content (AvgIpc) is 3.15. The van der Waals surface area contributed by atoms with Crippen LogP contribution in [0.4, 0.5) is 14.5 Å². The van der Waals surface area contributed by atoms with Crippen molar-refractivity contribution in [1.82, 2.24) is 9.78 Å². The second-order valence-corrected chi connectivity index (χ2v) is 6.58. The summed E-state index contributed by atoms with van der Waals surface area (Å²) in [6, 6.07) is 7.26. The first-order valence-corrected chi connectivity index (χ1v) is 9.16. The van der Waals surface area contributed by atoms with Gasteiger partial charge in [0.25, 0.3) is 5.69 Å². The summed E-state index contributed by atoms with van der Waals surface area (Å²) < 4.78 is 36.9. The molecule has 164 valence electrons. The Balaban J connectivity index is 2.17. The van der Waals surface area contributed by atoms with Gasteiger partial charge in [0, 0.05) is 29.6 Å². The molecule has 0 fully saturated rings. The van der Waals surface area contributed by atoms with Gasteiger partial charge in [-0.25, -0.2) is 9.48 Å². The van der Waals surface area contributed by atoms with Crippen molar-refractivity contribution in [3.05, 3.63) is 62.4 Å². The van der Waals surface area contributed by atoms with Gasteiger partial charge in [0.05, 0.1) is 15.9 Å². The second kappa shape index (κ2) is 7.72. The zero-order valence-corrected chi connectivity index (χ0v) is 16.2. The molecule has 0 aliphatic rings. The number of aromatic carboxylic acids is 1. The number of nitrogens with zero attached hydrogens (tertiary/aromatic N) is 3. The maximum Gasteiger partial charge on any atom is 0.387 e. The number of fused-ring (bicyclic) bond motifs is 3. The standard InChI is InChI=1S/C20H13F2N3O7/c1-2-24-18(26)17-14(15(23-24)9-3-5-10(6-4-9)25(29)30)13-11(19(27)28)7-8-12(16(13)32-17)31-20(21)22/h3-8,20H,2H2,1H3,(H,27,28). The number of carbonyl (C=O) groups is 1. The van der Waals surface area contributed by atoms with Gasteiger partial charge in [-0.15, -0.1) is 0 Å². The predicted octanol–water partition coefficient (Wildman–Crippen LogP) is 4.04. The fraction of sp³-hybridized carbons (Fsp3) is 0.150. The molecule has 0 bridgehead atoms. The molecule has 0 saturated heterocycles. The molecule has 4 rings (SSSR count). The lowest BCUT2D eigenvalue weighted by Gasteiger charge is -2.08. The van der Waals surface area contributed by atoms with Crippen LogP contribution < -0.4 is 10.3 Å². The lowest BCUT2D eigenvalue weighted by Crippen LogP contribution is -2.22. The van der Waals surface area contributed by atoms with Crippen molar-refractivity contribution in [2.75, 3.05) is 0 Å². The average molecular weight is 445 g/mol. The summed E-state index contributed by atoms with van der Waals surface area (Å²) in [4.78, 5) is 35.1. The number of nitro groups is 1. The van der Waals surface area contributed by atoms with E-state index in [1.54, 1.807) is 6.92 Å². The lowest BCUT2D eigenvalue weighted by molar-refractivity contribution is -0.384. The Hall–Kier alpha value is -4.35. The first-order valence-electron chi connectivity index (χ1n) is 9.16. The minimum atomic E-state index is -3.22. The van der Waals surface area contributed by atoms with Gasteiger partial charge < -0.3 is 14.3 Å². The molecule has 0 spiro atoms. The number of nitro benzene ring substituents is 1. The minimum Gasteiger partial charge on any atom is -0.478 e. The van der Waals surface area contributed by atoms with E-state index in [4.69, 9.17) is 4.42 Å². The van der Waals surface area contributed by atoms with Gasteiger partial charge in [0.1, 0.15) is 5.69 Å². The molecule has 0 aliphatic heterocycles. The van der Waals surface area contributed by atoms with E-state index in [1.807, 2.05) is 0 Å². The van der Waals surface area contributed by atoms with Crippen LogP contribution in [-0.2, 0) is 6.54 Å². The third-order valence-electron chi connectivity index (χ3n) is 4.79. The highest BCUT2D eigenvalue weighted by atomic mass is 19.3. The largest absolute Gasteiger partial charge is 0.478 e. The fourth-order valence-corrected chi connectivity index (χ4v) is 3.41. The molecule has 0 saturated carbocycles. The highest BCUT2D eigenvalue weighted by Crippen LogP contribution is 2.40. The molecule has 0 atom stereocenters. The number of ether oxygens (including phenoxy) is 1. The maximum atomic E-state index is 12.9. The van der Waals surface area contributed by atoms with Crippen molar-refractivity contribution in [2.45, 2.75) is 20.1 Å². The number of alkyl halides is 2. The van der Waals surface area contributed by atoms with Crippen LogP contribution in [0.25, 0.3) is 33.2 Å². The van der Waals surface area contributed by atoms with Crippen LogP contribution in [0.5, 0.6) is 5.75 Å². The molecular formula is C20H13F2N3O7. The molecule has 0 aliphatic carbocycles. The summed E-state index contributed by atoms with van der Waals surface area (Å²) in [5.74, 6) is -1.84. The summed E-state index contributed by atoms with van der Waals surface area (Å²) in [7, 11) is 0. The van der Waals surface area contributed by atoms with Crippen molar-refractivity contribution >= 4 is 33.6 Å². The Morgan fingerprint density at radius 2 is 1.91 bits per heavy atom. The number of hydrogen-bond acceptors (Lipinski definition) is 7. The van der Waals surface area contributed by atoms with Gasteiger partial charge in [-0.1, -0.05) is 0 Å². The van der Waals surface area contributed by atoms with Crippen LogP contribution >= 0.6 is 0 Å². The Labute approximate surface area is 176 Å². The van der Waals surface area contributed by atoms with E-state index >= 15 is 0 Å². The lowest BCUT2D eigenvalue weighted by atomic mass is 10.0. The molecular weight excluding hydrogens is 432 g/mol. The van der Waals surface area contributed by atoms with Crippen LogP contribution in [-0.4, -0.2) is 32.4 Å². The molecule has 0 radical (unpaired) electrons. The van der Waals surface area contributed by atoms with Crippen LogP contribution in [0.3, 0.4) is 0 Å². The highest BCUT2D eigenvalue weighted by molar-refractivity contribution is 6.19. The Morgan fingerprint density at radius 1 is 1.22 bits per heavy atom. The van der Waals surface area contributed by atoms with Gasteiger partial charge in [-0.2, -0.15) is 13.9 Å². The zero-order valence-electron chi connectivity index (χ0n) is 16.2. The van der Waals surface area contributed by atoms with Crippen LogP contribution in [0.1, 0.15) is 17.3 Å². The van der Waals surface area contributed by atoms with E-state index in [1.165, 1.54) is 24.3 Å². The predicted molar refractivity (Wildman–Crippen MR) is 107 cm³/mol.